The van der Waals surface area contributed by atoms with Crippen LogP contribution in [-0.2, 0) is 4.79 Å². The lowest BCUT2D eigenvalue weighted by molar-refractivity contribution is -0.118. The Morgan fingerprint density at radius 1 is 1.10 bits per heavy atom. The Balaban J connectivity index is 3.84. The molecule has 2 N–H and O–H groups in total. The van der Waals surface area contributed by atoms with E-state index in [4.69, 9.17) is 0 Å². The van der Waals surface area contributed by atoms with Crippen molar-refractivity contribution in [1.29, 1.82) is 0 Å². The van der Waals surface area contributed by atoms with E-state index in [1.807, 2.05) is 0 Å². The molecule has 0 aromatic heterocycles. The number of carbonyl (C=O) groups is 1. The highest BCUT2D eigenvalue weighted by atomic mass is 16.3. The van der Waals surface area contributed by atoms with Gasteiger partial charge in [-0.15, -0.1) is 11.5 Å². The van der Waals surface area contributed by atoms with Crippen molar-refractivity contribution in [2.45, 2.75) is 37.9 Å². The first-order valence-electron chi connectivity index (χ1n) is 6.45. The van der Waals surface area contributed by atoms with E-state index in [0.29, 0.717) is 19.3 Å². The van der Waals surface area contributed by atoms with Crippen molar-refractivity contribution >= 4 is 5.91 Å². The largest absolute Gasteiger partial charge is 0.389 e. The summed E-state index contributed by atoms with van der Waals surface area (Å²) in [6.07, 6.45) is 11.9. The molecular weight excluding hydrogens is 258 g/mol. The minimum atomic E-state index is -0.690. The third kappa shape index (κ3) is 11.3. The van der Waals surface area contributed by atoms with Gasteiger partial charge in [0.25, 0.3) is 5.91 Å². The number of nitroso groups, excluding NO2 is 1. The summed E-state index contributed by atoms with van der Waals surface area (Å²) in [6, 6.07) is 0. The molecule has 0 heterocycles. The molecule has 0 rings (SSSR count). The molecule has 0 spiro atoms. The molecule has 20 heavy (non-hydrogen) atoms. The van der Waals surface area contributed by atoms with Gasteiger partial charge in [-0.1, -0.05) is 42.5 Å². The molecule has 2 atom stereocenters. The van der Waals surface area contributed by atoms with Crippen molar-refractivity contribution in [2.75, 3.05) is 0 Å². The molecule has 0 unspecified atom stereocenters. The summed E-state index contributed by atoms with van der Waals surface area (Å²) in [6.45, 7) is 3.52. The highest BCUT2D eigenvalue weighted by molar-refractivity contribution is 5.76. The Morgan fingerprint density at radius 3 is 2.25 bits per heavy atom. The molecule has 0 aliphatic rings. The first-order chi connectivity index (χ1) is 9.60. The van der Waals surface area contributed by atoms with E-state index >= 15 is 0 Å². The third-order valence-electron chi connectivity index (χ3n) is 2.40. The van der Waals surface area contributed by atoms with Gasteiger partial charge in [-0.05, 0) is 19.3 Å². The van der Waals surface area contributed by atoms with Gasteiger partial charge in [0, 0.05) is 11.6 Å². The summed E-state index contributed by atoms with van der Waals surface area (Å²) in [5.74, 6) is -0.690. The van der Waals surface area contributed by atoms with E-state index < -0.39 is 18.1 Å². The number of hydrogen-bond donors (Lipinski definition) is 2. The van der Waals surface area contributed by atoms with Gasteiger partial charge in [-0.2, -0.15) is 0 Å². The average Bonchev–Trinajstić information content (AvgIpc) is 2.42. The van der Waals surface area contributed by atoms with Gasteiger partial charge in [0.2, 0.25) is 0 Å². The summed E-state index contributed by atoms with van der Waals surface area (Å²) in [4.78, 5) is 20.4. The molecule has 0 aliphatic heterocycles. The lowest BCUT2D eigenvalue weighted by Gasteiger charge is -2.02. The van der Waals surface area contributed by atoms with Crippen LogP contribution in [0.2, 0.25) is 0 Å². The first-order valence-corrected chi connectivity index (χ1v) is 6.45. The van der Waals surface area contributed by atoms with E-state index in [0.717, 1.165) is 0 Å². The number of allylic oxidation sites excluding steroid dienone is 4. The number of carbonyl (C=O) groups excluding carboxylic acids is 1. The van der Waals surface area contributed by atoms with E-state index in [-0.39, 0.29) is 6.42 Å². The van der Waals surface area contributed by atoms with Crippen LogP contribution < -0.4 is 0 Å². The van der Waals surface area contributed by atoms with E-state index in [1.54, 1.807) is 42.5 Å². The van der Waals surface area contributed by atoms with E-state index in [9.17, 15) is 19.9 Å². The average molecular weight is 279 g/mol. The number of aliphatic hydroxyl groups excluding tert-OH is 2. The SMILES string of the molecule is C=CC[C@@H](O)/C=C/C=C/C=C\[C@@H](O)CCCC(=O)N=O. The molecule has 0 radical (unpaired) electrons. The van der Waals surface area contributed by atoms with Crippen LogP contribution in [0.5, 0.6) is 0 Å². The monoisotopic (exact) mass is 279 g/mol. The minimum absolute atomic E-state index is 0.0637. The Bertz CT molecular complexity index is 385. The highest BCUT2D eigenvalue weighted by Gasteiger charge is 2.03. The molecule has 0 fully saturated rings. The maximum Gasteiger partial charge on any atom is 0.286 e. The second-order valence-corrected chi connectivity index (χ2v) is 4.19. The quantitative estimate of drug-likeness (QED) is 0.365. The molecule has 0 aliphatic carbocycles. The van der Waals surface area contributed by atoms with Crippen LogP contribution in [0, 0.1) is 4.91 Å². The lowest BCUT2D eigenvalue weighted by Crippen LogP contribution is -2.03. The van der Waals surface area contributed by atoms with Gasteiger partial charge in [-0.25, -0.2) is 0 Å². The second-order valence-electron chi connectivity index (χ2n) is 4.19. The molecule has 0 saturated heterocycles. The van der Waals surface area contributed by atoms with E-state index in [2.05, 4.69) is 11.8 Å². The van der Waals surface area contributed by atoms with Crippen LogP contribution in [0.3, 0.4) is 0 Å². The van der Waals surface area contributed by atoms with Crippen LogP contribution in [0.4, 0.5) is 0 Å². The van der Waals surface area contributed by atoms with Crippen LogP contribution in [0.25, 0.3) is 0 Å². The molecular formula is C15H21NO4. The van der Waals surface area contributed by atoms with E-state index in [1.165, 1.54) is 0 Å². The summed E-state index contributed by atoms with van der Waals surface area (Å²) in [5.41, 5.74) is 0. The molecule has 0 bridgehead atoms. The molecule has 5 heteroatoms. The topological polar surface area (TPSA) is 87.0 Å². The Hall–Kier alpha value is -1.85. The van der Waals surface area contributed by atoms with Gasteiger partial charge in [0.15, 0.2) is 0 Å². The fourth-order valence-electron chi connectivity index (χ4n) is 1.37. The lowest BCUT2D eigenvalue weighted by atomic mass is 10.1. The molecule has 1 amide bonds. The number of nitrogens with zero attached hydrogens (tertiary/aromatic N) is 1. The highest BCUT2D eigenvalue weighted by Crippen LogP contribution is 2.03. The van der Waals surface area contributed by atoms with Crippen LogP contribution in [-0.4, -0.2) is 28.3 Å². The fraction of sp³-hybridized carbons (Fsp3) is 0.400. The molecule has 110 valence electrons. The molecule has 0 saturated carbocycles. The normalized spacial score (nSPS) is 14.9. The van der Waals surface area contributed by atoms with Crippen LogP contribution in [0.1, 0.15) is 25.7 Å². The molecule has 5 nitrogen and oxygen atoms in total. The maximum absolute atomic E-state index is 10.6. The fourth-order valence-corrected chi connectivity index (χ4v) is 1.37. The van der Waals surface area contributed by atoms with Crippen LogP contribution in [0.15, 0.2) is 54.3 Å². The predicted octanol–water partition coefficient (Wildman–Crippen LogP) is 2.42. The van der Waals surface area contributed by atoms with Gasteiger partial charge < -0.3 is 10.2 Å². The van der Waals surface area contributed by atoms with Crippen molar-refractivity contribution in [3.05, 3.63) is 54.0 Å². The zero-order valence-electron chi connectivity index (χ0n) is 11.4. The van der Waals surface area contributed by atoms with Gasteiger partial charge in [-0.3, -0.25) is 4.79 Å². The third-order valence-corrected chi connectivity index (χ3v) is 2.40. The van der Waals surface area contributed by atoms with Crippen molar-refractivity contribution in [3.8, 4) is 0 Å². The zero-order chi connectivity index (χ0) is 15.2. The van der Waals surface area contributed by atoms with Crippen LogP contribution >= 0.6 is 0 Å². The number of hydrogen-bond acceptors (Lipinski definition) is 4. The van der Waals surface area contributed by atoms with Crippen molar-refractivity contribution in [2.24, 2.45) is 5.18 Å². The standard InChI is InChI=1S/C15H21NO4/c1-2-8-13(17)9-5-3-4-6-10-14(18)11-7-12-15(19)16-20/h2-6,9-10,13-14,17-18H,1,7-8,11-12H2/b4-3+,9-5+,10-6-/t13-,14-/m1/s1. The molecule has 0 aromatic carbocycles. The summed E-state index contributed by atoms with van der Waals surface area (Å²) in [5, 5.41) is 21.2. The van der Waals surface area contributed by atoms with Crippen molar-refractivity contribution < 1.29 is 15.0 Å². The second kappa shape index (κ2) is 12.2. The predicted molar refractivity (Wildman–Crippen MR) is 78.9 cm³/mol. The molecule has 0 aromatic rings. The van der Waals surface area contributed by atoms with Gasteiger partial charge in [0.1, 0.15) is 0 Å². The zero-order valence-corrected chi connectivity index (χ0v) is 11.4. The number of rotatable bonds is 10. The summed E-state index contributed by atoms with van der Waals surface area (Å²) in [7, 11) is 0. The Kier molecular flexibility index (Phi) is 11.1. The smallest absolute Gasteiger partial charge is 0.286 e. The summed E-state index contributed by atoms with van der Waals surface area (Å²) < 4.78 is 0. The van der Waals surface area contributed by atoms with Crippen molar-refractivity contribution in [3.63, 3.8) is 0 Å². The Morgan fingerprint density at radius 2 is 1.70 bits per heavy atom. The minimum Gasteiger partial charge on any atom is -0.389 e. The van der Waals surface area contributed by atoms with Gasteiger partial charge in [0.05, 0.1) is 12.2 Å². The number of amides is 1. The maximum atomic E-state index is 10.6. The Labute approximate surface area is 119 Å². The summed E-state index contributed by atoms with van der Waals surface area (Å²) >= 11 is 0. The first kappa shape index (κ1) is 18.1. The number of aliphatic hydroxyl groups is 2. The van der Waals surface area contributed by atoms with Gasteiger partial charge >= 0.3 is 0 Å². The van der Waals surface area contributed by atoms with Crippen molar-refractivity contribution in [1.82, 2.24) is 0 Å².